The second-order valence-corrected chi connectivity index (χ2v) is 11.5. The van der Waals surface area contributed by atoms with E-state index in [2.05, 4.69) is 0 Å². The van der Waals surface area contributed by atoms with Gasteiger partial charge >= 0.3 is 12.1 Å². The number of fused-ring (bicyclic) bond motifs is 1. The van der Waals surface area contributed by atoms with E-state index < -0.39 is 28.8 Å². The number of halogens is 3. The lowest BCUT2D eigenvalue weighted by Crippen LogP contribution is -2.56. The maximum absolute atomic E-state index is 14.8. The summed E-state index contributed by atoms with van der Waals surface area (Å²) in [7, 11) is 0. The van der Waals surface area contributed by atoms with Crippen molar-refractivity contribution in [3.05, 3.63) is 111 Å². The van der Waals surface area contributed by atoms with E-state index in [9.17, 15) is 38.0 Å². The Morgan fingerprint density at radius 2 is 1.64 bits per heavy atom. The number of aryl methyl sites for hydroxylation is 1. The third kappa shape index (κ3) is 7.47. The van der Waals surface area contributed by atoms with Crippen molar-refractivity contribution in [2.24, 2.45) is 0 Å². The molecule has 0 aliphatic carbocycles. The zero-order valence-corrected chi connectivity index (χ0v) is 25.8. The average Bonchev–Trinajstić information content (AvgIpc) is 3.42. The van der Waals surface area contributed by atoms with Crippen LogP contribution in [0.15, 0.2) is 79.0 Å². The lowest BCUT2D eigenvalue weighted by atomic mass is 9.91. The molecule has 0 saturated carbocycles. The molecule has 1 saturated heterocycles. The SMILES string of the molecule is CCOC(=O)CCc1ccc(C(=O)N2CCN(CC(O)(c3cn(Cc4ccccc4)c4cc([N+](=O)[O-])ccc34)C(F)(F)F)CC2)cc1. The fourth-order valence-electron chi connectivity index (χ4n) is 5.87. The summed E-state index contributed by atoms with van der Waals surface area (Å²) in [5.74, 6) is -0.567. The maximum atomic E-state index is 14.8. The fourth-order valence-corrected chi connectivity index (χ4v) is 5.87. The number of ether oxygens (including phenoxy) is 1. The largest absolute Gasteiger partial charge is 0.466 e. The topological polar surface area (TPSA) is 118 Å². The van der Waals surface area contributed by atoms with E-state index in [0.717, 1.165) is 17.2 Å². The second-order valence-electron chi connectivity index (χ2n) is 11.5. The van der Waals surface area contributed by atoms with Gasteiger partial charge in [-0.2, -0.15) is 13.2 Å². The Hall–Kier alpha value is -4.75. The molecule has 1 amide bonds. The minimum Gasteiger partial charge on any atom is -0.466 e. The van der Waals surface area contributed by atoms with Crippen molar-refractivity contribution in [2.45, 2.75) is 38.1 Å². The Kier molecular flexibility index (Phi) is 9.96. The van der Waals surface area contributed by atoms with Crippen LogP contribution in [0.3, 0.4) is 0 Å². The number of piperazine rings is 1. The van der Waals surface area contributed by atoms with Gasteiger partial charge < -0.3 is 19.3 Å². The summed E-state index contributed by atoms with van der Waals surface area (Å²) in [5, 5.41) is 23.1. The third-order valence-electron chi connectivity index (χ3n) is 8.42. The highest BCUT2D eigenvalue weighted by Crippen LogP contribution is 2.44. The molecule has 0 spiro atoms. The highest BCUT2D eigenvalue weighted by molar-refractivity contribution is 5.94. The number of rotatable bonds is 11. The van der Waals surface area contributed by atoms with Gasteiger partial charge in [-0.1, -0.05) is 42.5 Å². The Labute approximate surface area is 269 Å². The summed E-state index contributed by atoms with van der Waals surface area (Å²) in [5.41, 5.74) is -1.72. The predicted octanol–water partition coefficient (Wildman–Crippen LogP) is 5.30. The molecule has 1 aliphatic heterocycles. The van der Waals surface area contributed by atoms with Crippen LogP contribution in [0.5, 0.6) is 0 Å². The summed E-state index contributed by atoms with van der Waals surface area (Å²) < 4.78 is 50.9. The number of nitro benzene ring substituents is 1. The molecule has 10 nitrogen and oxygen atoms in total. The van der Waals surface area contributed by atoms with E-state index in [4.69, 9.17) is 4.74 Å². The molecule has 1 aromatic heterocycles. The van der Waals surface area contributed by atoms with Crippen molar-refractivity contribution in [3.8, 4) is 0 Å². The molecule has 3 aromatic carbocycles. The monoisotopic (exact) mass is 652 g/mol. The Balaban J connectivity index is 1.32. The fraction of sp³-hybridized carbons (Fsp3) is 0.353. The van der Waals surface area contributed by atoms with Crippen molar-refractivity contribution in [2.75, 3.05) is 39.3 Å². The molecule has 2 heterocycles. The average molecular weight is 653 g/mol. The molecule has 1 N–H and O–H groups in total. The summed E-state index contributed by atoms with van der Waals surface area (Å²) >= 11 is 0. The Morgan fingerprint density at radius 3 is 2.26 bits per heavy atom. The molecule has 1 atom stereocenters. The van der Waals surface area contributed by atoms with Crippen LogP contribution >= 0.6 is 0 Å². The first-order chi connectivity index (χ1) is 22.4. The van der Waals surface area contributed by atoms with Crippen molar-refractivity contribution < 1.29 is 37.5 Å². The lowest BCUT2D eigenvalue weighted by Gasteiger charge is -2.40. The normalized spacial score (nSPS) is 15.4. The quantitative estimate of drug-likeness (QED) is 0.133. The summed E-state index contributed by atoms with van der Waals surface area (Å²) in [6.45, 7) is 1.89. The Morgan fingerprint density at radius 1 is 0.957 bits per heavy atom. The van der Waals surface area contributed by atoms with E-state index in [1.807, 2.05) is 0 Å². The summed E-state index contributed by atoms with van der Waals surface area (Å²) in [6, 6.07) is 19.4. The third-order valence-corrected chi connectivity index (χ3v) is 8.42. The van der Waals surface area contributed by atoms with Crippen LogP contribution in [0, 0.1) is 10.1 Å². The number of β-amino-alcohol motifs (C(OH)–C–C–N with tert-alkyl or cyclic N) is 1. The number of nitro groups is 1. The number of nitrogens with zero attached hydrogens (tertiary/aromatic N) is 4. The first-order valence-electron chi connectivity index (χ1n) is 15.3. The lowest BCUT2D eigenvalue weighted by molar-refractivity contribution is -0.384. The number of alkyl halides is 3. The molecule has 1 aliphatic rings. The number of aliphatic hydroxyl groups is 1. The number of benzene rings is 3. The highest BCUT2D eigenvalue weighted by atomic mass is 19.4. The maximum Gasteiger partial charge on any atom is 0.422 e. The first kappa shape index (κ1) is 33.6. The highest BCUT2D eigenvalue weighted by Gasteiger charge is 2.57. The van der Waals surface area contributed by atoms with Gasteiger partial charge in [0, 0.05) is 80.5 Å². The number of aromatic nitrogens is 1. The van der Waals surface area contributed by atoms with Crippen LogP contribution in [0.1, 0.15) is 40.4 Å². The van der Waals surface area contributed by atoms with Crippen LogP contribution in [0.25, 0.3) is 10.9 Å². The van der Waals surface area contributed by atoms with Crippen molar-refractivity contribution in [1.29, 1.82) is 0 Å². The van der Waals surface area contributed by atoms with Crippen LogP contribution in [-0.4, -0.2) is 81.8 Å². The molecule has 1 unspecified atom stereocenters. The predicted molar refractivity (Wildman–Crippen MR) is 168 cm³/mol. The van der Waals surface area contributed by atoms with Crippen LogP contribution in [0.4, 0.5) is 18.9 Å². The molecule has 0 radical (unpaired) electrons. The zero-order chi connectivity index (χ0) is 33.8. The molecule has 0 bridgehead atoms. The van der Waals surface area contributed by atoms with Gasteiger partial charge in [0.25, 0.3) is 11.6 Å². The molecule has 1 fully saturated rings. The van der Waals surface area contributed by atoms with Crippen molar-refractivity contribution >= 4 is 28.5 Å². The molecular weight excluding hydrogens is 617 g/mol. The summed E-state index contributed by atoms with van der Waals surface area (Å²) in [6.07, 6.45) is -3.16. The van der Waals surface area contributed by atoms with E-state index in [0.29, 0.717) is 18.6 Å². The van der Waals surface area contributed by atoms with Gasteiger partial charge in [-0.15, -0.1) is 0 Å². The van der Waals surface area contributed by atoms with E-state index in [1.165, 1.54) is 27.8 Å². The van der Waals surface area contributed by atoms with Crippen LogP contribution in [-0.2, 0) is 28.1 Å². The van der Waals surface area contributed by atoms with Crippen molar-refractivity contribution in [3.63, 3.8) is 0 Å². The molecule has 5 rings (SSSR count). The van der Waals surface area contributed by atoms with Crippen molar-refractivity contribution in [1.82, 2.24) is 14.4 Å². The number of carbonyl (C=O) groups is 2. The minimum absolute atomic E-state index is 0.0610. The molecule has 248 valence electrons. The van der Waals surface area contributed by atoms with Crippen LogP contribution in [0.2, 0.25) is 0 Å². The zero-order valence-electron chi connectivity index (χ0n) is 25.8. The van der Waals surface area contributed by atoms with E-state index in [1.54, 1.807) is 66.4 Å². The number of amides is 1. The summed E-state index contributed by atoms with van der Waals surface area (Å²) in [4.78, 5) is 38.7. The van der Waals surface area contributed by atoms with E-state index in [-0.39, 0.29) is 67.6 Å². The van der Waals surface area contributed by atoms with Gasteiger partial charge in [-0.05, 0) is 42.7 Å². The molecule has 13 heteroatoms. The standard InChI is InChI=1S/C34H35F3N4O6/c1-2-47-31(42)15-10-24-8-11-26(12-9-24)32(43)39-18-16-38(17-19-39)23-33(44,34(35,36)37)29-22-40(21-25-6-4-3-5-7-25)30-20-27(41(45)46)13-14-28(29)30/h3-9,11-14,20,22,44H,2,10,15-19,21,23H2,1H3. The number of non-ortho nitro benzene ring substituents is 1. The number of hydrogen-bond donors (Lipinski definition) is 1. The second kappa shape index (κ2) is 13.9. The van der Waals surface area contributed by atoms with Gasteiger partial charge in [-0.25, -0.2) is 0 Å². The van der Waals surface area contributed by atoms with Crippen LogP contribution < -0.4 is 0 Å². The first-order valence-corrected chi connectivity index (χ1v) is 15.3. The minimum atomic E-state index is -5.08. The molecule has 4 aromatic rings. The van der Waals surface area contributed by atoms with Gasteiger partial charge in [0.2, 0.25) is 5.60 Å². The number of carbonyl (C=O) groups excluding carboxylic acids is 2. The van der Waals surface area contributed by atoms with E-state index >= 15 is 0 Å². The number of hydrogen-bond acceptors (Lipinski definition) is 7. The number of esters is 1. The van der Waals surface area contributed by atoms with Gasteiger partial charge in [0.1, 0.15) is 0 Å². The Bertz CT molecular complexity index is 1730. The molecule has 47 heavy (non-hydrogen) atoms. The smallest absolute Gasteiger partial charge is 0.422 e. The van der Waals surface area contributed by atoms with Gasteiger partial charge in [-0.3, -0.25) is 24.6 Å². The molecular formula is C34H35F3N4O6. The van der Waals surface area contributed by atoms with Gasteiger partial charge in [0.05, 0.1) is 17.0 Å². The van der Waals surface area contributed by atoms with Gasteiger partial charge in [0.15, 0.2) is 0 Å².